The zero-order valence-electron chi connectivity index (χ0n) is 15.7. The highest BCUT2D eigenvalue weighted by atomic mass is 16.5. The van der Waals surface area contributed by atoms with Gasteiger partial charge in [0.05, 0.1) is 47.7 Å². The molecule has 144 valence electrons. The van der Waals surface area contributed by atoms with E-state index in [1.54, 1.807) is 29.2 Å². The van der Waals surface area contributed by atoms with Crippen LogP contribution in [0.4, 0.5) is 11.4 Å². The van der Waals surface area contributed by atoms with E-state index in [0.717, 1.165) is 37.3 Å². The maximum Gasteiger partial charge on any atom is 0.259 e. The van der Waals surface area contributed by atoms with Crippen molar-refractivity contribution in [2.75, 3.05) is 29.9 Å². The van der Waals surface area contributed by atoms with E-state index in [4.69, 9.17) is 4.74 Å². The lowest BCUT2D eigenvalue weighted by Gasteiger charge is -2.33. The predicted octanol–water partition coefficient (Wildman–Crippen LogP) is 2.48. The van der Waals surface area contributed by atoms with E-state index < -0.39 is 0 Å². The summed E-state index contributed by atoms with van der Waals surface area (Å²) in [6.07, 6.45) is 9.45. The van der Waals surface area contributed by atoms with Gasteiger partial charge in [0.1, 0.15) is 0 Å². The number of anilines is 2. The monoisotopic (exact) mass is 378 g/mol. The molecular weight excluding hydrogens is 356 g/mol. The lowest BCUT2D eigenvalue weighted by atomic mass is 10.2. The van der Waals surface area contributed by atoms with Gasteiger partial charge in [0.25, 0.3) is 5.91 Å². The molecule has 3 aromatic heterocycles. The lowest BCUT2D eigenvalue weighted by Crippen LogP contribution is -2.41. The summed E-state index contributed by atoms with van der Waals surface area (Å²) in [5.41, 5.74) is 3.74. The smallest absolute Gasteiger partial charge is 0.259 e. The maximum absolute atomic E-state index is 13.1. The van der Waals surface area contributed by atoms with Crippen LogP contribution in [0.2, 0.25) is 0 Å². The third kappa shape index (κ3) is 3.20. The van der Waals surface area contributed by atoms with Gasteiger partial charge in [0.2, 0.25) is 0 Å². The van der Waals surface area contributed by atoms with E-state index in [1.807, 2.05) is 12.3 Å². The van der Waals surface area contributed by atoms with Gasteiger partial charge < -0.3 is 15.0 Å². The molecule has 0 aromatic carbocycles. The largest absolute Gasteiger partial charge is 0.375 e. The number of pyridine rings is 1. The van der Waals surface area contributed by atoms with Crippen molar-refractivity contribution in [1.82, 2.24) is 19.6 Å². The van der Waals surface area contributed by atoms with E-state index in [0.29, 0.717) is 29.4 Å². The summed E-state index contributed by atoms with van der Waals surface area (Å²) in [5, 5.41) is 7.32. The number of rotatable bonds is 4. The van der Waals surface area contributed by atoms with Gasteiger partial charge in [-0.25, -0.2) is 9.50 Å². The minimum absolute atomic E-state index is 0.149. The normalized spacial score (nSPS) is 19.8. The Bertz CT molecular complexity index is 1030. The first-order valence-electron chi connectivity index (χ1n) is 9.65. The number of fused-ring (bicyclic) bond motifs is 1. The molecule has 0 bridgehead atoms. The molecule has 28 heavy (non-hydrogen) atoms. The molecule has 1 saturated heterocycles. The standard InChI is InChI=1S/C20H22N6O2/c1-13-11-25(8-9-28-13)18-5-6-21-10-16(18)24-20(27)15-4-7-22-26-12-17(14-2-3-14)23-19(15)26/h4-7,10,12-14H,2-3,8-9,11H2,1H3,(H,24,27). The molecule has 1 N–H and O–H groups in total. The average molecular weight is 378 g/mol. The first kappa shape index (κ1) is 17.1. The fraction of sp³-hybridized carbons (Fsp3) is 0.400. The molecule has 1 saturated carbocycles. The highest BCUT2D eigenvalue weighted by molar-refractivity contribution is 6.09. The average Bonchev–Trinajstić information content (AvgIpc) is 3.46. The Morgan fingerprint density at radius 1 is 1.29 bits per heavy atom. The van der Waals surface area contributed by atoms with Crippen LogP contribution in [-0.4, -0.2) is 51.3 Å². The Balaban J connectivity index is 1.44. The fourth-order valence-corrected chi connectivity index (χ4v) is 3.65. The van der Waals surface area contributed by atoms with Crippen molar-refractivity contribution >= 4 is 22.9 Å². The van der Waals surface area contributed by atoms with Crippen molar-refractivity contribution in [3.05, 3.63) is 48.2 Å². The molecule has 1 aliphatic heterocycles. The summed E-state index contributed by atoms with van der Waals surface area (Å²) in [5.74, 6) is 0.293. The number of imidazole rings is 1. The first-order valence-corrected chi connectivity index (χ1v) is 9.65. The minimum atomic E-state index is -0.212. The number of aromatic nitrogens is 4. The van der Waals surface area contributed by atoms with E-state index in [1.165, 1.54) is 0 Å². The molecule has 3 aromatic rings. The Hall–Kier alpha value is -3.00. The van der Waals surface area contributed by atoms with Crippen LogP contribution in [0.3, 0.4) is 0 Å². The second-order valence-electron chi connectivity index (χ2n) is 7.43. The zero-order valence-corrected chi connectivity index (χ0v) is 15.7. The highest BCUT2D eigenvalue weighted by Crippen LogP contribution is 2.39. The Kier molecular flexibility index (Phi) is 4.20. The summed E-state index contributed by atoms with van der Waals surface area (Å²) >= 11 is 0. The molecule has 2 aliphatic rings. The van der Waals surface area contributed by atoms with Crippen LogP contribution in [0.1, 0.15) is 41.7 Å². The number of morpholine rings is 1. The van der Waals surface area contributed by atoms with Crippen LogP contribution in [0.25, 0.3) is 5.65 Å². The first-order chi connectivity index (χ1) is 13.7. The summed E-state index contributed by atoms with van der Waals surface area (Å²) in [6.45, 7) is 4.27. The van der Waals surface area contributed by atoms with Crippen molar-refractivity contribution in [2.45, 2.75) is 31.8 Å². The Labute approximate surface area is 162 Å². The summed E-state index contributed by atoms with van der Waals surface area (Å²) in [4.78, 5) is 24.1. The van der Waals surface area contributed by atoms with Crippen LogP contribution >= 0.6 is 0 Å². The van der Waals surface area contributed by atoms with E-state index in [9.17, 15) is 4.79 Å². The van der Waals surface area contributed by atoms with Gasteiger partial charge in [-0.05, 0) is 31.9 Å². The van der Waals surface area contributed by atoms with Gasteiger partial charge in [0, 0.05) is 31.4 Å². The van der Waals surface area contributed by atoms with Crippen molar-refractivity contribution in [1.29, 1.82) is 0 Å². The molecule has 1 aliphatic carbocycles. The molecule has 0 spiro atoms. The molecule has 5 rings (SSSR count). The SMILES string of the molecule is CC1CN(c2ccncc2NC(=O)c2ccnn3cc(C4CC4)nc23)CCO1. The van der Waals surface area contributed by atoms with Gasteiger partial charge in [-0.2, -0.15) is 5.10 Å². The van der Waals surface area contributed by atoms with Crippen LogP contribution in [0.15, 0.2) is 36.9 Å². The molecule has 1 amide bonds. The summed E-state index contributed by atoms with van der Waals surface area (Å²) in [7, 11) is 0. The van der Waals surface area contributed by atoms with Gasteiger partial charge in [-0.3, -0.25) is 9.78 Å². The second-order valence-corrected chi connectivity index (χ2v) is 7.43. The van der Waals surface area contributed by atoms with E-state index in [2.05, 4.69) is 32.2 Å². The van der Waals surface area contributed by atoms with Gasteiger partial charge >= 0.3 is 0 Å². The number of nitrogens with one attached hydrogen (secondary N) is 1. The number of ether oxygens (including phenoxy) is 1. The minimum Gasteiger partial charge on any atom is -0.375 e. The zero-order chi connectivity index (χ0) is 19.1. The van der Waals surface area contributed by atoms with Crippen LogP contribution in [0.5, 0.6) is 0 Å². The van der Waals surface area contributed by atoms with Crippen molar-refractivity contribution in [3.8, 4) is 0 Å². The number of hydrogen-bond acceptors (Lipinski definition) is 6. The van der Waals surface area contributed by atoms with Gasteiger partial charge in [0.15, 0.2) is 5.65 Å². The molecule has 1 unspecified atom stereocenters. The fourth-order valence-electron chi connectivity index (χ4n) is 3.65. The number of carbonyl (C=O) groups excluding carboxylic acids is 1. The van der Waals surface area contributed by atoms with Crippen LogP contribution in [-0.2, 0) is 4.74 Å². The Morgan fingerprint density at radius 3 is 3.00 bits per heavy atom. The summed E-state index contributed by atoms with van der Waals surface area (Å²) in [6, 6.07) is 3.64. The van der Waals surface area contributed by atoms with Gasteiger partial charge in [-0.1, -0.05) is 0 Å². The highest BCUT2D eigenvalue weighted by Gasteiger charge is 2.27. The molecule has 2 fully saturated rings. The quantitative estimate of drug-likeness (QED) is 0.751. The summed E-state index contributed by atoms with van der Waals surface area (Å²) < 4.78 is 7.32. The van der Waals surface area contributed by atoms with Crippen LogP contribution < -0.4 is 10.2 Å². The maximum atomic E-state index is 13.1. The molecule has 4 heterocycles. The number of hydrogen-bond donors (Lipinski definition) is 1. The Morgan fingerprint density at radius 2 is 2.18 bits per heavy atom. The third-order valence-electron chi connectivity index (χ3n) is 5.25. The second kappa shape index (κ2) is 6.87. The lowest BCUT2D eigenvalue weighted by molar-refractivity contribution is 0.0533. The third-order valence-corrected chi connectivity index (χ3v) is 5.25. The molecule has 0 radical (unpaired) electrons. The molecule has 8 heteroatoms. The molecule has 1 atom stereocenters. The molecular formula is C20H22N6O2. The molecule has 8 nitrogen and oxygen atoms in total. The van der Waals surface area contributed by atoms with Crippen molar-refractivity contribution < 1.29 is 9.53 Å². The van der Waals surface area contributed by atoms with Gasteiger partial charge in [-0.15, -0.1) is 0 Å². The number of amides is 1. The van der Waals surface area contributed by atoms with E-state index in [-0.39, 0.29) is 12.0 Å². The number of nitrogens with zero attached hydrogens (tertiary/aromatic N) is 5. The van der Waals surface area contributed by atoms with Crippen molar-refractivity contribution in [2.24, 2.45) is 0 Å². The predicted molar refractivity (Wildman–Crippen MR) is 105 cm³/mol. The number of carbonyl (C=O) groups is 1. The van der Waals surface area contributed by atoms with Crippen LogP contribution in [0, 0.1) is 0 Å². The van der Waals surface area contributed by atoms with E-state index >= 15 is 0 Å². The van der Waals surface area contributed by atoms with Crippen molar-refractivity contribution in [3.63, 3.8) is 0 Å². The topological polar surface area (TPSA) is 84.7 Å².